The Morgan fingerprint density at radius 2 is 1.90 bits per heavy atom. The molecule has 1 atom stereocenters. The Bertz CT molecular complexity index is 760. The smallest absolute Gasteiger partial charge is 0.450 e. The van der Waals surface area contributed by atoms with E-state index in [-0.39, 0.29) is 24.2 Å². The number of nitrogen functional groups attached to an aromatic ring is 1. The molecule has 0 bridgehead atoms. The van der Waals surface area contributed by atoms with Crippen LogP contribution in [-0.2, 0) is 9.53 Å². The summed E-state index contributed by atoms with van der Waals surface area (Å²) >= 11 is 0. The molecule has 1 aromatic heterocycles. The Hall–Kier alpha value is -3.21. The summed E-state index contributed by atoms with van der Waals surface area (Å²) in [6.45, 7) is 0.442. The van der Waals surface area contributed by atoms with Gasteiger partial charge in [-0.25, -0.2) is 4.79 Å². The average Bonchev–Trinajstić information content (AvgIpc) is 2.72. The molecule has 11 heteroatoms. The molecular formula is C19H28N6O5. The van der Waals surface area contributed by atoms with Crippen LogP contribution in [0.2, 0.25) is 0 Å². The molecule has 0 aromatic carbocycles. The van der Waals surface area contributed by atoms with Crippen LogP contribution >= 0.6 is 0 Å². The Kier molecular flexibility index (Phi) is 7.70. The van der Waals surface area contributed by atoms with E-state index in [9.17, 15) is 14.4 Å². The topological polar surface area (TPSA) is 199 Å². The van der Waals surface area contributed by atoms with Crippen molar-refractivity contribution in [2.24, 2.45) is 23.1 Å². The maximum atomic E-state index is 11.8. The number of primary amides is 1. The lowest BCUT2D eigenvalue weighted by molar-refractivity contribution is -0.225. The zero-order valence-corrected chi connectivity index (χ0v) is 16.7. The summed E-state index contributed by atoms with van der Waals surface area (Å²) in [5.74, 6) is -0.789. The molecule has 1 unspecified atom stereocenters. The first kappa shape index (κ1) is 23.1. The standard InChI is InChI=1S/C12H20N2O4.C7H8N4O/c13-8-10(15)14-7-6-12(14,18-11(16)17)9-4-2-1-3-5-9;8-6(9)5-2-1-4(3-11-5)7(10)12/h9H,1-8,13H2,(H,16,17);1-3H,(H3,8,9)(H2,10,12). The lowest BCUT2D eigenvalue weighted by atomic mass is 9.75. The SMILES string of the molecule is N=C(N)c1ccc(C(N)=O)cn1.NCC(=O)N1CCC1(OC(=O)O)C1CCCCC1. The lowest BCUT2D eigenvalue weighted by Crippen LogP contribution is -2.68. The fourth-order valence-corrected chi connectivity index (χ4v) is 3.91. The molecular weight excluding hydrogens is 392 g/mol. The molecule has 8 N–H and O–H groups in total. The molecule has 3 rings (SSSR count). The van der Waals surface area contributed by atoms with Crippen molar-refractivity contribution in [3.8, 4) is 0 Å². The molecule has 2 amide bonds. The summed E-state index contributed by atoms with van der Waals surface area (Å²) in [4.78, 5) is 38.5. The van der Waals surface area contributed by atoms with Crippen molar-refractivity contribution >= 4 is 23.8 Å². The number of pyridine rings is 1. The molecule has 2 heterocycles. The van der Waals surface area contributed by atoms with Gasteiger partial charge in [0.15, 0.2) is 5.72 Å². The van der Waals surface area contributed by atoms with E-state index in [1.165, 1.54) is 29.7 Å². The molecule has 30 heavy (non-hydrogen) atoms. The third kappa shape index (κ3) is 5.23. The lowest BCUT2D eigenvalue weighted by Gasteiger charge is -2.55. The van der Waals surface area contributed by atoms with Gasteiger partial charge < -0.3 is 31.9 Å². The fraction of sp³-hybridized carbons (Fsp3) is 0.526. The predicted octanol–water partition coefficient (Wildman–Crippen LogP) is 0.613. The van der Waals surface area contributed by atoms with Gasteiger partial charge in [-0.15, -0.1) is 0 Å². The summed E-state index contributed by atoms with van der Waals surface area (Å²) in [7, 11) is 0. The van der Waals surface area contributed by atoms with Gasteiger partial charge in [0.1, 0.15) is 11.5 Å². The molecule has 2 aliphatic rings. The van der Waals surface area contributed by atoms with Gasteiger partial charge in [0, 0.05) is 25.1 Å². The van der Waals surface area contributed by atoms with Gasteiger partial charge in [0.05, 0.1) is 12.1 Å². The van der Waals surface area contributed by atoms with Crippen molar-refractivity contribution in [2.75, 3.05) is 13.1 Å². The molecule has 1 aliphatic carbocycles. The highest BCUT2D eigenvalue weighted by Gasteiger charge is 2.55. The maximum Gasteiger partial charge on any atom is 0.507 e. The van der Waals surface area contributed by atoms with Gasteiger partial charge in [-0.1, -0.05) is 19.3 Å². The Morgan fingerprint density at radius 1 is 1.23 bits per heavy atom. The molecule has 164 valence electrons. The quantitative estimate of drug-likeness (QED) is 0.259. The molecule has 0 radical (unpaired) electrons. The number of carbonyl (C=O) groups is 3. The van der Waals surface area contributed by atoms with Crippen LogP contribution in [0, 0.1) is 11.3 Å². The molecule has 2 fully saturated rings. The first-order valence-corrected chi connectivity index (χ1v) is 9.74. The number of amidine groups is 1. The van der Waals surface area contributed by atoms with Crippen molar-refractivity contribution in [1.29, 1.82) is 5.41 Å². The monoisotopic (exact) mass is 420 g/mol. The molecule has 1 aliphatic heterocycles. The number of amides is 2. The van der Waals surface area contributed by atoms with Gasteiger partial charge in [-0.3, -0.25) is 20.0 Å². The number of aromatic nitrogens is 1. The van der Waals surface area contributed by atoms with E-state index in [2.05, 4.69) is 4.98 Å². The molecule has 0 spiro atoms. The van der Waals surface area contributed by atoms with E-state index in [1.54, 1.807) is 0 Å². The Labute approximate surface area is 174 Å². The van der Waals surface area contributed by atoms with E-state index in [0.29, 0.717) is 24.2 Å². The third-order valence-electron chi connectivity index (χ3n) is 5.46. The minimum Gasteiger partial charge on any atom is -0.450 e. The summed E-state index contributed by atoms with van der Waals surface area (Å²) in [6, 6.07) is 2.95. The number of nitrogens with two attached hydrogens (primary N) is 3. The second kappa shape index (κ2) is 10.0. The second-order valence-corrected chi connectivity index (χ2v) is 7.26. The average molecular weight is 420 g/mol. The summed E-state index contributed by atoms with van der Waals surface area (Å²) in [6.07, 6.45) is 5.72. The van der Waals surface area contributed by atoms with Crippen LogP contribution in [0.15, 0.2) is 18.3 Å². The number of carbonyl (C=O) groups excluding carboxylic acids is 2. The number of carboxylic acid groups (broad SMARTS) is 1. The minimum absolute atomic E-state index is 0.0998. The van der Waals surface area contributed by atoms with Crippen LogP contribution in [0.5, 0.6) is 0 Å². The second-order valence-electron chi connectivity index (χ2n) is 7.26. The zero-order valence-electron chi connectivity index (χ0n) is 16.7. The largest absolute Gasteiger partial charge is 0.507 e. The number of ether oxygens (including phenoxy) is 1. The van der Waals surface area contributed by atoms with Crippen LogP contribution in [0.1, 0.15) is 54.6 Å². The van der Waals surface area contributed by atoms with E-state index >= 15 is 0 Å². The van der Waals surface area contributed by atoms with Crippen molar-refractivity contribution in [3.05, 3.63) is 29.6 Å². The van der Waals surface area contributed by atoms with E-state index in [4.69, 9.17) is 32.5 Å². The summed E-state index contributed by atoms with van der Waals surface area (Å²) in [5, 5.41) is 15.9. The van der Waals surface area contributed by atoms with E-state index in [1.807, 2.05) is 0 Å². The summed E-state index contributed by atoms with van der Waals surface area (Å²) < 4.78 is 5.12. The van der Waals surface area contributed by atoms with E-state index in [0.717, 1.165) is 25.7 Å². The fourth-order valence-electron chi connectivity index (χ4n) is 3.91. The maximum absolute atomic E-state index is 11.8. The van der Waals surface area contributed by atoms with Gasteiger partial charge in [0.2, 0.25) is 11.8 Å². The normalized spacial score (nSPS) is 20.9. The van der Waals surface area contributed by atoms with Crippen LogP contribution in [0.4, 0.5) is 4.79 Å². The summed E-state index contributed by atoms with van der Waals surface area (Å²) in [5.41, 5.74) is 15.2. The number of nitrogens with zero attached hydrogens (tertiary/aromatic N) is 2. The zero-order chi connectivity index (χ0) is 22.3. The van der Waals surface area contributed by atoms with Crippen molar-refractivity contribution in [3.63, 3.8) is 0 Å². The molecule has 1 saturated heterocycles. The van der Waals surface area contributed by atoms with Gasteiger partial charge >= 0.3 is 6.16 Å². The van der Waals surface area contributed by atoms with Crippen LogP contribution in [0.25, 0.3) is 0 Å². The van der Waals surface area contributed by atoms with Crippen LogP contribution < -0.4 is 17.2 Å². The number of nitrogens with one attached hydrogen (secondary N) is 1. The van der Waals surface area contributed by atoms with Gasteiger partial charge in [-0.05, 0) is 25.0 Å². The van der Waals surface area contributed by atoms with Crippen LogP contribution in [-0.4, -0.2) is 57.6 Å². The first-order valence-electron chi connectivity index (χ1n) is 9.74. The first-order chi connectivity index (χ1) is 14.2. The van der Waals surface area contributed by atoms with Gasteiger partial charge in [0.25, 0.3) is 0 Å². The third-order valence-corrected chi connectivity index (χ3v) is 5.46. The number of hydrogen-bond acceptors (Lipinski definition) is 7. The highest BCUT2D eigenvalue weighted by atomic mass is 16.7. The van der Waals surface area contributed by atoms with E-state index < -0.39 is 17.8 Å². The highest BCUT2D eigenvalue weighted by Crippen LogP contribution is 2.45. The molecule has 1 aromatic rings. The van der Waals surface area contributed by atoms with Crippen molar-refractivity contribution in [1.82, 2.24) is 9.88 Å². The minimum atomic E-state index is -1.31. The highest BCUT2D eigenvalue weighted by molar-refractivity contribution is 5.95. The number of hydrogen-bond donors (Lipinski definition) is 5. The Morgan fingerprint density at radius 3 is 2.30 bits per heavy atom. The van der Waals surface area contributed by atoms with Crippen molar-refractivity contribution in [2.45, 2.75) is 44.2 Å². The number of rotatable bonds is 5. The Balaban J connectivity index is 0.000000232. The predicted molar refractivity (Wildman–Crippen MR) is 108 cm³/mol. The van der Waals surface area contributed by atoms with Crippen LogP contribution in [0.3, 0.4) is 0 Å². The number of likely N-dealkylation sites (tertiary alicyclic amines) is 1. The molecule has 1 saturated carbocycles. The van der Waals surface area contributed by atoms with Crippen molar-refractivity contribution < 1.29 is 24.2 Å². The van der Waals surface area contributed by atoms with Gasteiger partial charge in [-0.2, -0.15) is 0 Å². The molecule has 11 nitrogen and oxygen atoms in total.